The van der Waals surface area contributed by atoms with Gasteiger partial charge in [-0.1, -0.05) is 18.2 Å². The highest BCUT2D eigenvalue weighted by molar-refractivity contribution is 7.93. The lowest BCUT2D eigenvalue weighted by molar-refractivity contribution is -0.387. The number of hydrogen-bond donors (Lipinski definition) is 0. The molecule has 0 aliphatic rings. The molecule has 0 unspecified atom stereocenters. The van der Waals surface area contributed by atoms with Crippen LogP contribution in [-0.4, -0.2) is 20.4 Å². The second-order valence-corrected chi connectivity index (χ2v) is 6.90. The van der Waals surface area contributed by atoms with E-state index in [9.17, 15) is 18.5 Å². The lowest BCUT2D eigenvalue weighted by Gasteiger charge is -2.20. The summed E-state index contributed by atoms with van der Waals surface area (Å²) in [4.78, 5) is 10.0. The Labute approximate surface area is 129 Å². The summed E-state index contributed by atoms with van der Waals surface area (Å²) >= 11 is 0. The number of nitro groups is 1. The molecule has 2 rings (SSSR count). The van der Waals surface area contributed by atoms with Crippen LogP contribution >= 0.6 is 0 Å². The average Bonchev–Trinajstić information content (AvgIpc) is 2.49. The number of aryl methyl sites for hydroxylation is 2. The molecule has 0 bridgehead atoms. The van der Waals surface area contributed by atoms with E-state index >= 15 is 0 Å². The molecule has 0 N–H and O–H groups in total. The molecule has 116 valence electrons. The Morgan fingerprint density at radius 2 is 1.68 bits per heavy atom. The van der Waals surface area contributed by atoms with Crippen LogP contribution in [0.4, 0.5) is 11.4 Å². The molecule has 0 atom stereocenters. The molecule has 22 heavy (non-hydrogen) atoms. The second-order valence-electron chi connectivity index (χ2n) is 4.97. The van der Waals surface area contributed by atoms with E-state index in [1.54, 1.807) is 12.1 Å². The molecule has 0 spiro atoms. The number of benzene rings is 2. The van der Waals surface area contributed by atoms with Gasteiger partial charge in [-0.3, -0.25) is 14.4 Å². The van der Waals surface area contributed by atoms with Crippen molar-refractivity contribution in [1.29, 1.82) is 0 Å². The Kier molecular flexibility index (Phi) is 4.18. The second kappa shape index (κ2) is 5.76. The van der Waals surface area contributed by atoms with Crippen LogP contribution in [0.1, 0.15) is 11.1 Å². The monoisotopic (exact) mass is 320 g/mol. The van der Waals surface area contributed by atoms with Crippen LogP contribution in [0.3, 0.4) is 0 Å². The number of para-hydroxylation sites is 1. The predicted octanol–water partition coefficient (Wildman–Crippen LogP) is 3.04. The van der Waals surface area contributed by atoms with Crippen molar-refractivity contribution in [3.8, 4) is 0 Å². The minimum atomic E-state index is -4.01. The number of sulfonamides is 1. The summed E-state index contributed by atoms with van der Waals surface area (Å²) in [6.45, 7) is 3.81. The highest BCUT2D eigenvalue weighted by Gasteiger charge is 2.29. The van der Waals surface area contributed by atoms with Gasteiger partial charge in [-0.2, -0.15) is 0 Å². The number of nitrogens with zero attached hydrogens (tertiary/aromatic N) is 2. The largest absolute Gasteiger partial charge is 0.289 e. The molecule has 2 aromatic rings. The normalized spacial score (nSPS) is 11.2. The van der Waals surface area contributed by atoms with Gasteiger partial charge in [0.25, 0.3) is 15.7 Å². The smallest absolute Gasteiger partial charge is 0.269 e. The summed E-state index contributed by atoms with van der Waals surface area (Å²) in [7, 11) is -2.62. The zero-order chi connectivity index (χ0) is 16.5. The maximum atomic E-state index is 12.7. The number of hydrogen-bond acceptors (Lipinski definition) is 4. The molecular formula is C15H16N2O4S. The van der Waals surface area contributed by atoms with E-state index in [-0.39, 0.29) is 4.90 Å². The van der Waals surface area contributed by atoms with Gasteiger partial charge in [-0.15, -0.1) is 0 Å². The zero-order valence-corrected chi connectivity index (χ0v) is 13.3. The van der Waals surface area contributed by atoms with Crippen molar-refractivity contribution in [3.63, 3.8) is 0 Å². The molecule has 0 radical (unpaired) electrons. The van der Waals surface area contributed by atoms with Crippen LogP contribution in [0.25, 0.3) is 0 Å². The van der Waals surface area contributed by atoms with Gasteiger partial charge in [-0.05, 0) is 43.2 Å². The van der Waals surface area contributed by atoms with Gasteiger partial charge in [0.2, 0.25) is 0 Å². The molecule has 0 amide bonds. The van der Waals surface area contributed by atoms with Crippen molar-refractivity contribution in [2.24, 2.45) is 0 Å². The van der Waals surface area contributed by atoms with E-state index < -0.39 is 20.6 Å². The highest BCUT2D eigenvalue weighted by Crippen LogP contribution is 2.29. The first-order chi connectivity index (χ1) is 10.2. The fraction of sp³-hybridized carbons (Fsp3) is 0.200. The van der Waals surface area contributed by atoms with Crippen molar-refractivity contribution in [2.45, 2.75) is 18.7 Å². The third-order valence-electron chi connectivity index (χ3n) is 3.55. The lowest BCUT2D eigenvalue weighted by atomic mass is 10.1. The van der Waals surface area contributed by atoms with E-state index in [0.717, 1.165) is 15.4 Å². The molecule has 0 heterocycles. The van der Waals surface area contributed by atoms with Gasteiger partial charge in [-0.25, -0.2) is 8.42 Å². The fourth-order valence-corrected chi connectivity index (χ4v) is 3.38. The predicted molar refractivity (Wildman–Crippen MR) is 84.6 cm³/mol. The summed E-state index contributed by atoms with van der Waals surface area (Å²) in [6, 6.07) is 10.6. The maximum Gasteiger partial charge on any atom is 0.289 e. The third kappa shape index (κ3) is 2.80. The Hall–Kier alpha value is -2.41. The van der Waals surface area contributed by atoms with Gasteiger partial charge in [0.1, 0.15) is 0 Å². The molecule has 0 aliphatic carbocycles. The summed E-state index contributed by atoms with van der Waals surface area (Å²) < 4.78 is 26.4. The minimum absolute atomic E-state index is 0.319. The van der Waals surface area contributed by atoms with Crippen LogP contribution in [0, 0.1) is 24.0 Å². The van der Waals surface area contributed by atoms with Gasteiger partial charge in [0.05, 0.1) is 10.6 Å². The fourth-order valence-electron chi connectivity index (χ4n) is 2.03. The molecule has 2 aromatic carbocycles. The van der Waals surface area contributed by atoms with E-state index in [0.29, 0.717) is 5.69 Å². The Morgan fingerprint density at radius 1 is 1.05 bits per heavy atom. The summed E-state index contributed by atoms with van der Waals surface area (Å²) in [5.41, 5.74) is 2.02. The molecule has 0 aliphatic heterocycles. The molecule has 0 fully saturated rings. The Balaban J connectivity index is 2.55. The quantitative estimate of drug-likeness (QED) is 0.640. The van der Waals surface area contributed by atoms with E-state index in [1.165, 1.54) is 31.3 Å². The van der Waals surface area contributed by atoms with Crippen molar-refractivity contribution in [2.75, 3.05) is 11.4 Å². The Morgan fingerprint density at radius 3 is 2.27 bits per heavy atom. The Bertz CT molecular complexity index is 831. The summed E-state index contributed by atoms with van der Waals surface area (Å²) in [6.07, 6.45) is 0. The summed E-state index contributed by atoms with van der Waals surface area (Å²) in [5.74, 6) is 0. The van der Waals surface area contributed by atoms with Crippen molar-refractivity contribution < 1.29 is 13.3 Å². The van der Waals surface area contributed by atoms with Crippen LogP contribution in [0.15, 0.2) is 47.4 Å². The van der Waals surface area contributed by atoms with E-state index in [4.69, 9.17) is 0 Å². The molecule has 0 saturated carbocycles. The first kappa shape index (κ1) is 16.0. The number of anilines is 1. The zero-order valence-electron chi connectivity index (χ0n) is 12.5. The maximum absolute atomic E-state index is 12.7. The number of nitro benzene ring substituents is 1. The van der Waals surface area contributed by atoms with Gasteiger partial charge in [0, 0.05) is 13.1 Å². The first-order valence-corrected chi connectivity index (χ1v) is 7.99. The third-order valence-corrected chi connectivity index (χ3v) is 5.39. The van der Waals surface area contributed by atoms with Crippen molar-refractivity contribution in [3.05, 3.63) is 63.7 Å². The molecule has 0 aromatic heterocycles. The van der Waals surface area contributed by atoms with Gasteiger partial charge in [0.15, 0.2) is 4.90 Å². The van der Waals surface area contributed by atoms with E-state index in [2.05, 4.69) is 0 Å². The number of rotatable bonds is 4. The van der Waals surface area contributed by atoms with Crippen molar-refractivity contribution in [1.82, 2.24) is 0 Å². The first-order valence-electron chi connectivity index (χ1n) is 6.54. The molecular weight excluding hydrogens is 304 g/mol. The van der Waals surface area contributed by atoms with Crippen molar-refractivity contribution >= 4 is 21.4 Å². The highest BCUT2D eigenvalue weighted by atomic mass is 32.2. The molecule has 6 nitrogen and oxygen atoms in total. The standard InChI is InChI=1S/C15H16N2O4S/c1-11-8-9-13(10-12(11)2)16(3)22(20,21)15-7-5-4-6-14(15)17(18)19/h4-10H,1-3H3. The van der Waals surface area contributed by atoms with Crippen LogP contribution < -0.4 is 4.31 Å². The van der Waals surface area contributed by atoms with Crippen LogP contribution in [-0.2, 0) is 10.0 Å². The summed E-state index contributed by atoms with van der Waals surface area (Å²) in [5, 5.41) is 11.0. The molecule has 0 saturated heterocycles. The molecule has 7 heteroatoms. The van der Waals surface area contributed by atoms with Crippen LogP contribution in [0.2, 0.25) is 0 Å². The average molecular weight is 320 g/mol. The topological polar surface area (TPSA) is 80.5 Å². The van der Waals surface area contributed by atoms with Gasteiger partial charge >= 0.3 is 0 Å². The minimum Gasteiger partial charge on any atom is -0.269 e. The lowest BCUT2D eigenvalue weighted by Crippen LogP contribution is -2.27. The SMILES string of the molecule is Cc1ccc(N(C)S(=O)(=O)c2ccccc2[N+](=O)[O-])cc1C. The van der Waals surface area contributed by atoms with Crippen LogP contribution in [0.5, 0.6) is 0 Å². The van der Waals surface area contributed by atoms with E-state index in [1.807, 2.05) is 19.9 Å². The van der Waals surface area contributed by atoms with Gasteiger partial charge < -0.3 is 0 Å².